The summed E-state index contributed by atoms with van der Waals surface area (Å²) in [7, 11) is 0. The van der Waals surface area contributed by atoms with Crippen molar-refractivity contribution in [2.24, 2.45) is 0 Å². The molecule has 0 bridgehead atoms. The Morgan fingerprint density at radius 2 is 1.92 bits per heavy atom. The molecule has 24 heavy (non-hydrogen) atoms. The summed E-state index contributed by atoms with van der Waals surface area (Å²) in [6, 6.07) is 10.9. The number of ether oxygens (including phenoxy) is 1. The molecule has 0 radical (unpaired) electrons. The Balaban J connectivity index is 1.43. The quantitative estimate of drug-likeness (QED) is 0.751. The number of hydrogen-bond acceptors (Lipinski definition) is 3. The Morgan fingerprint density at radius 1 is 1.08 bits per heavy atom. The number of cyclic esters (lactones) is 1. The summed E-state index contributed by atoms with van der Waals surface area (Å²) in [5, 5.41) is 1.94. The van der Waals surface area contributed by atoms with Crippen LogP contribution < -0.4 is 0 Å². The molecule has 0 atom stereocenters. The zero-order valence-electron chi connectivity index (χ0n) is 13.5. The summed E-state index contributed by atoms with van der Waals surface area (Å²) in [5.41, 5.74) is 1.17. The normalized spacial score (nSPS) is 14.2. The molecule has 2 amide bonds. The minimum absolute atomic E-state index is 0.154. The number of rotatable bonds is 6. The Bertz CT molecular complexity index is 759. The van der Waals surface area contributed by atoms with Gasteiger partial charge in [0, 0.05) is 6.42 Å². The number of benzene rings is 2. The predicted octanol–water partition coefficient (Wildman–Crippen LogP) is 4.06. The average molecular weight is 329 g/mol. The highest BCUT2D eigenvalue weighted by atomic mass is 19.1. The van der Waals surface area contributed by atoms with Crippen molar-refractivity contribution < 1.29 is 18.7 Å². The third-order valence-electron chi connectivity index (χ3n) is 4.28. The molecule has 0 spiro atoms. The van der Waals surface area contributed by atoms with Gasteiger partial charge in [-0.05, 0) is 47.7 Å². The van der Waals surface area contributed by atoms with Crippen molar-refractivity contribution in [3.63, 3.8) is 0 Å². The molecule has 1 saturated heterocycles. The Kier molecular flexibility index (Phi) is 5.08. The molecule has 2 aromatic rings. The zero-order chi connectivity index (χ0) is 16.9. The largest absolute Gasteiger partial charge is 0.447 e. The van der Waals surface area contributed by atoms with Crippen LogP contribution >= 0.6 is 0 Å². The number of carbonyl (C=O) groups excluding carboxylic acids is 2. The molecule has 1 aliphatic heterocycles. The second-order valence-corrected chi connectivity index (χ2v) is 6.05. The van der Waals surface area contributed by atoms with Gasteiger partial charge < -0.3 is 4.74 Å². The summed E-state index contributed by atoms with van der Waals surface area (Å²) in [4.78, 5) is 24.3. The van der Waals surface area contributed by atoms with E-state index in [1.165, 1.54) is 16.5 Å². The number of hydrogen-bond donors (Lipinski definition) is 0. The third kappa shape index (κ3) is 3.91. The van der Waals surface area contributed by atoms with E-state index in [0.29, 0.717) is 19.6 Å². The van der Waals surface area contributed by atoms with Crippen LogP contribution in [0.15, 0.2) is 36.4 Å². The Morgan fingerprint density at radius 3 is 2.71 bits per heavy atom. The molecule has 126 valence electrons. The van der Waals surface area contributed by atoms with Crippen LogP contribution in [-0.4, -0.2) is 30.1 Å². The third-order valence-corrected chi connectivity index (χ3v) is 4.28. The first-order valence-corrected chi connectivity index (χ1v) is 8.29. The fourth-order valence-corrected chi connectivity index (χ4v) is 2.96. The van der Waals surface area contributed by atoms with Crippen molar-refractivity contribution in [3.05, 3.63) is 47.8 Å². The molecule has 0 aliphatic carbocycles. The summed E-state index contributed by atoms with van der Waals surface area (Å²) in [6.07, 6.45) is 3.37. The summed E-state index contributed by atoms with van der Waals surface area (Å²) in [5.74, 6) is -0.378. The Hall–Kier alpha value is -2.43. The van der Waals surface area contributed by atoms with Gasteiger partial charge in [-0.15, -0.1) is 0 Å². The lowest BCUT2D eigenvalue weighted by atomic mass is 10.0. The van der Waals surface area contributed by atoms with Crippen LogP contribution in [0.2, 0.25) is 0 Å². The number of aryl methyl sites for hydroxylation is 1. The molecule has 0 aromatic heterocycles. The molecule has 4 nitrogen and oxygen atoms in total. The van der Waals surface area contributed by atoms with Crippen molar-refractivity contribution in [2.45, 2.75) is 32.1 Å². The van der Waals surface area contributed by atoms with Crippen LogP contribution in [-0.2, 0) is 16.0 Å². The number of unbranched alkanes of at least 4 members (excludes halogenated alkanes) is 2. The molecular formula is C19H20FNO3. The van der Waals surface area contributed by atoms with Gasteiger partial charge in [0.15, 0.2) is 0 Å². The number of nitrogens with zero attached hydrogens (tertiary/aromatic N) is 1. The first-order chi connectivity index (χ1) is 11.6. The molecule has 0 N–H and O–H groups in total. The van der Waals surface area contributed by atoms with E-state index in [1.54, 1.807) is 12.1 Å². The fourth-order valence-electron chi connectivity index (χ4n) is 2.96. The number of fused-ring (bicyclic) bond motifs is 1. The lowest BCUT2D eigenvalue weighted by Crippen LogP contribution is -2.31. The van der Waals surface area contributed by atoms with Crippen LogP contribution in [0, 0.1) is 5.82 Å². The van der Waals surface area contributed by atoms with E-state index in [2.05, 4.69) is 6.07 Å². The van der Waals surface area contributed by atoms with Crippen molar-refractivity contribution in [1.29, 1.82) is 0 Å². The molecule has 3 rings (SSSR count). The van der Waals surface area contributed by atoms with Gasteiger partial charge in [-0.1, -0.05) is 30.7 Å². The zero-order valence-corrected chi connectivity index (χ0v) is 13.5. The van der Waals surface area contributed by atoms with Gasteiger partial charge in [0.05, 0.1) is 6.54 Å². The van der Waals surface area contributed by atoms with E-state index in [0.717, 1.165) is 36.5 Å². The number of imide groups is 1. The van der Waals surface area contributed by atoms with Crippen molar-refractivity contribution in [1.82, 2.24) is 4.90 Å². The average Bonchev–Trinajstić information content (AvgIpc) is 3.00. The van der Waals surface area contributed by atoms with Gasteiger partial charge >= 0.3 is 6.09 Å². The van der Waals surface area contributed by atoms with Crippen LogP contribution in [0.3, 0.4) is 0 Å². The second-order valence-electron chi connectivity index (χ2n) is 6.05. The number of amides is 2. The molecule has 0 unspecified atom stereocenters. The first kappa shape index (κ1) is 16.4. The minimum Gasteiger partial charge on any atom is -0.447 e. The number of carbonyl (C=O) groups is 2. The Labute approximate surface area is 140 Å². The maximum atomic E-state index is 13.3. The monoisotopic (exact) mass is 329 g/mol. The lowest BCUT2D eigenvalue weighted by Gasteiger charge is -2.10. The van der Waals surface area contributed by atoms with E-state index in [1.807, 2.05) is 12.1 Å². The highest BCUT2D eigenvalue weighted by Crippen LogP contribution is 2.19. The SMILES string of the molecule is O=C(CCCCCc1ccc2ccc(F)cc2c1)N1CCOC1=O. The van der Waals surface area contributed by atoms with Crippen LogP contribution in [0.4, 0.5) is 9.18 Å². The van der Waals surface area contributed by atoms with Crippen molar-refractivity contribution in [3.8, 4) is 0 Å². The van der Waals surface area contributed by atoms with Gasteiger partial charge in [-0.25, -0.2) is 14.1 Å². The molecule has 0 saturated carbocycles. The van der Waals surface area contributed by atoms with E-state index in [9.17, 15) is 14.0 Å². The van der Waals surface area contributed by atoms with Crippen LogP contribution in [0.25, 0.3) is 10.8 Å². The molecule has 1 aliphatic rings. The van der Waals surface area contributed by atoms with E-state index in [-0.39, 0.29) is 11.7 Å². The molecule has 1 heterocycles. The van der Waals surface area contributed by atoms with Crippen LogP contribution in [0.1, 0.15) is 31.2 Å². The smallest absolute Gasteiger partial charge is 0.416 e. The van der Waals surface area contributed by atoms with Gasteiger partial charge in [0.1, 0.15) is 12.4 Å². The highest BCUT2D eigenvalue weighted by molar-refractivity contribution is 5.92. The van der Waals surface area contributed by atoms with Crippen LogP contribution in [0.5, 0.6) is 0 Å². The maximum absolute atomic E-state index is 13.3. The first-order valence-electron chi connectivity index (χ1n) is 8.29. The minimum atomic E-state index is -0.525. The molecule has 2 aromatic carbocycles. The molecule has 5 heteroatoms. The van der Waals surface area contributed by atoms with Gasteiger partial charge in [0.2, 0.25) is 5.91 Å². The lowest BCUT2D eigenvalue weighted by molar-refractivity contribution is -0.127. The highest BCUT2D eigenvalue weighted by Gasteiger charge is 2.27. The molecule has 1 fully saturated rings. The van der Waals surface area contributed by atoms with Crippen molar-refractivity contribution >= 4 is 22.8 Å². The number of halogens is 1. The molecular weight excluding hydrogens is 309 g/mol. The van der Waals surface area contributed by atoms with E-state index < -0.39 is 6.09 Å². The van der Waals surface area contributed by atoms with E-state index in [4.69, 9.17) is 4.74 Å². The fraction of sp³-hybridized carbons (Fsp3) is 0.368. The van der Waals surface area contributed by atoms with Gasteiger partial charge in [0.25, 0.3) is 0 Å². The predicted molar refractivity (Wildman–Crippen MR) is 89.1 cm³/mol. The summed E-state index contributed by atoms with van der Waals surface area (Å²) in [6.45, 7) is 0.665. The van der Waals surface area contributed by atoms with Gasteiger partial charge in [-0.3, -0.25) is 4.79 Å². The van der Waals surface area contributed by atoms with Gasteiger partial charge in [-0.2, -0.15) is 0 Å². The van der Waals surface area contributed by atoms with Crippen molar-refractivity contribution in [2.75, 3.05) is 13.2 Å². The topological polar surface area (TPSA) is 46.6 Å². The summed E-state index contributed by atoms with van der Waals surface area (Å²) >= 11 is 0. The summed E-state index contributed by atoms with van der Waals surface area (Å²) < 4.78 is 18.0. The van der Waals surface area contributed by atoms with E-state index >= 15 is 0 Å². The maximum Gasteiger partial charge on any atom is 0.416 e. The standard InChI is InChI=1S/C19H20FNO3/c20-17-9-8-15-7-6-14(12-16(15)13-17)4-2-1-3-5-18(22)21-10-11-24-19(21)23/h6-9,12-13H,1-5,10-11H2. The second kappa shape index (κ2) is 7.43.